The van der Waals surface area contributed by atoms with E-state index in [0.29, 0.717) is 0 Å². The van der Waals surface area contributed by atoms with Gasteiger partial charge in [-0.05, 0) is 38.6 Å². The summed E-state index contributed by atoms with van der Waals surface area (Å²) < 4.78 is 0. The summed E-state index contributed by atoms with van der Waals surface area (Å²) in [5.74, 6) is 0.841. The van der Waals surface area contributed by atoms with Crippen LogP contribution in [0.1, 0.15) is 57.8 Å². The lowest BCUT2D eigenvalue weighted by Crippen LogP contribution is -2.47. The molecular weight excluding hydrogens is 206 g/mol. The van der Waals surface area contributed by atoms with Gasteiger partial charge >= 0.3 is 0 Å². The van der Waals surface area contributed by atoms with E-state index in [2.05, 4.69) is 4.90 Å². The first kappa shape index (κ1) is 11.7. The third-order valence-corrected chi connectivity index (χ3v) is 4.38. The summed E-state index contributed by atoms with van der Waals surface area (Å²) in [5.41, 5.74) is 0. The van der Waals surface area contributed by atoms with Gasteiger partial charge in [0.15, 0.2) is 0 Å². The van der Waals surface area contributed by atoms with Crippen LogP contribution in [0.25, 0.3) is 0 Å². The molecule has 0 amide bonds. The molecule has 2 aliphatic rings. The summed E-state index contributed by atoms with van der Waals surface area (Å²) in [6, 6.07) is 1.70. The van der Waals surface area contributed by atoms with Crippen molar-refractivity contribution in [3.05, 3.63) is 0 Å². The van der Waals surface area contributed by atoms with Crippen LogP contribution < -0.4 is 0 Å². The molecule has 0 spiro atoms. The molecule has 2 rings (SSSR count). The van der Waals surface area contributed by atoms with Crippen molar-refractivity contribution in [3.8, 4) is 0 Å². The van der Waals surface area contributed by atoms with Gasteiger partial charge in [0, 0.05) is 18.0 Å². The summed E-state index contributed by atoms with van der Waals surface area (Å²) >= 11 is 5.91. The summed E-state index contributed by atoms with van der Waals surface area (Å²) in [6.07, 6.45) is 12.7. The molecule has 1 unspecified atom stereocenters. The second-order valence-corrected chi connectivity index (χ2v) is 5.53. The van der Waals surface area contributed by atoms with E-state index in [0.717, 1.165) is 18.0 Å². The molecule has 1 saturated heterocycles. The van der Waals surface area contributed by atoms with E-state index >= 15 is 0 Å². The molecule has 1 aliphatic carbocycles. The molecule has 0 radical (unpaired) electrons. The maximum Gasteiger partial charge on any atom is 0.0238 e. The van der Waals surface area contributed by atoms with Gasteiger partial charge in [-0.3, -0.25) is 4.90 Å². The van der Waals surface area contributed by atoms with E-state index in [1.54, 1.807) is 0 Å². The summed E-state index contributed by atoms with van der Waals surface area (Å²) in [4.78, 5) is 2.80. The van der Waals surface area contributed by atoms with Crippen LogP contribution in [-0.4, -0.2) is 29.4 Å². The van der Waals surface area contributed by atoms with E-state index in [-0.39, 0.29) is 0 Å². The smallest absolute Gasteiger partial charge is 0.0238 e. The van der Waals surface area contributed by atoms with E-state index in [9.17, 15) is 0 Å². The Balaban J connectivity index is 1.90. The molecule has 0 N–H and O–H groups in total. The molecule has 1 nitrogen and oxygen atoms in total. The van der Waals surface area contributed by atoms with Crippen molar-refractivity contribution in [2.75, 3.05) is 12.4 Å². The van der Waals surface area contributed by atoms with Gasteiger partial charge in [-0.2, -0.15) is 0 Å². The minimum atomic E-state index is 0.805. The fourth-order valence-electron chi connectivity index (χ4n) is 3.35. The first-order valence-corrected chi connectivity index (χ1v) is 7.27. The van der Waals surface area contributed by atoms with Crippen LogP contribution >= 0.6 is 11.6 Å². The maximum absolute atomic E-state index is 5.91. The topological polar surface area (TPSA) is 3.24 Å². The van der Waals surface area contributed by atoms with E-state index in [1.165, 1.54) is 64.3 Å². The number of halogens is 1. The number of rotatable bonds is 3. The molecule has 1 saturated carbocycles. The molecule has 0 aromatic rings. The fourth-order valence-corrected chi connectivity index (χ4v) is 3.60. The van der Waals surface area contributed by atoms with E-state index in [4.69, 9.17) is 11.6 Å². The van der Waals surface area contributed by atoms with Gasteiger partial charge in [0.1, 0.15) is 0 Å². The SMILES string of the molecule is ClCCC1CCCCN1C1CCCCC1. The van der Waals surface area contributed by atoms with Crippen LogP contribution in [0.2, 0.25) is 0 Å². The largest absolute Gasteiger partial charge is 0.297 e. The Hall–Kier alpha value is 0.250. The highest BCUT2D eigenvalue weighted by Crippen LogP contribution is 2.29. The quantitative estimate of drug-likeness (QED) is 0.666. The normalized spacial score (nSPS) is 30.6. The van der Waals surface area contributed by atoms with Crippen LogP contribution in [0.5, 0.6) is 0 Å². The molecule has 88 valence electrons. The fraction of sp³-hybridized carbons (Fsp3) is 1.00. The van der Waals surface area contributed by atoms with Crippen molar-refractivity contribution in [1.29, 1.82) is 0 Å². The molecule has 0 bridgehead atoms. The van der Waals surface area contributed by atoms with Crippen LogP contribution in [0.3, 0.4) is 0 Å². The van der Waals surface area contributed by atoms with Gasteiger partial charge in [0.25, 0.3) is 0 Å². The third kappa shape index (κ3) is 3.10. The Kier molecular flexibility index (Phi) is 4.77. The van der Waals surface area contributed by atoms with Crippen LogP contribution in [0.4, 0.5) is 0 Å². The van der Waals surface area contributed by atoms with Gasteiger partial charge in [0.05, 0.1) is 0 Å². The predicted octanol–water partition coefficient (Wildman–Crippen LogP) is 3.80. The number of hydrogen-bond donors (Lipinski definition) is 0. The third-order valence-electron chi connectivity index (χ3n) is 4.16. The average molecular weight is 230 g/mol. The highest BCUT2D eigenvalue weighted by molar-refractivity contribution is 6.17. The predicted molar refractivity (Wildman–Crippen MR) is 66.6 cm³/mol. The van der Waals surface area contributed by atoms with Crippen molar-refractivity contribution in [3.63, 3.8) is 0 Å². The summed E-state index contributed by atoms with van der Waals surface area (Å²) in [7, 11) is 0. The Morgan fingerprint density at radius 3 is 2.40 bits per heavy atom. The summed E-state index contributed by atoms with van der Waals surface area (Å²) in [6.45, 7) is 1.34. The van der Waals surface area contributed by atoms with E-state index < -0.39 is 0 Å². The highest BCUT2D eigenvalue weighted by atomic mass is 35.5. The highest BCUT2D eigenvalue weighted by Gasteiger charge is 2.28. The second-order valence-electron chi connectivity index (χ2n) is 5.16. The second kappa shape index (κ2) is 6.10. The lowest BCUT2D eigenvalue weighted by atomic mass is 9.89. The molecule has 1 atom stereocenters. The first-order chi connectivity index (χ1) is 7.42. The maximum atomic E-state index is 5.91. The Labute approximate surface area is 99.2 Å². The van der Waals surface area contributed by atoms with Crippen LogP contribution in [0, 0.1) is 0 Å². The minimum absolute atomic E-state index is 0.805. The van der Waals surface area contributed by atoms with E-state index in [1.807, 2.05) is 0 Å². The monoisotopic (exact) mass is 229 g/mol. The molecule has 2 fully saturated rings. The number of nitrogens with zero attached hydrogens (tertiary/aromatic N) is 1. The number of piperidine rings is 1. The molecule has 2 heteroatoms. The minimum Gasteiger partial charge on any atom is -0.297 e. The Morgan fingerprint density at radius 2 is 1.67 bits per heavy atom. The number of alkyl halides is 1. The Bertz CT molecular complexity index is 165. The van der Waals surface area contributed by atoms with Crippen molar-refractivity contribution >= 4 is 11.6 Å². The zero-order valence-corrected chi connectivity index (χ0v) is 10.5. The van der Waals surface area contributed by atoms with Crippen LogP contribution in [-0.2, 0) is 0 Å². The van der Waals surface area contributed by atoms with Gasteiger partial charge in [-0.15, -0.1) is 11.6 Å². The van der Waals surface area contributed by atoms with Gasteiger partial charge < -0.3 is 0 Å². The van der Waals surface area contributed by atoms with Crippen molar-refractivity contribution in [1.82, 2.24) is 4.90 Å². The molecule has 0 aromatic carbocycles. The van der Waals surface area contributed by atoms with Crippen LogP contribution in [0.15, 0.2) is 0 Å². The zero-order valence-electron chi connectivity index (χ0n) is 9.76. The molecule has 0 aromatic heterocycles. The summed E-state index contributed by atoms with van der Waals surface area (Å²) in [5, 5.41) is 0. The van der Waals surface area contributed by atoms with Crippen molar-refractivity contribution in [2.24, 2.45) is 0 Å². The van der Waals surface area contributed by atoms with Gasteiger partial charge in [-0.1, -0.05) is 25.7 Å². The number of likely N-dealkylation sites (tertiary alicyclic amines) is 1. The van der Waals surface area contributed by atoms with Gasteiger partial charge in [-0.25, -0.2) is 0 Å². The van der Waals surface area contributed by atoms with Crippen molar-refractivity contribution in [2.45, 2.75) is 69.9 Å². The standard InChI is InChI=1S/C13H24ClN/c14-10-9-13-8-4-5-11-15(13)12-6-2-1-3-7-12/h12-13H,1-11H2. The first-order valence-electron chi connectivity index (χ1n) is 6.73. The average Bonchev–Trinajstić information content (AvgIpc) is 2.31. The molecule has 1 heterocycles. The molecule has 1 aliphatic heterocycles. The molecule has 15 heavy (non-hydrogen) atoms. The number of hydrogen-bond acceptors (Lipinski definition) is 1. The van der Waals surface area contributed by atoms with Crippen molar-refractivity contribution < 1.29 is 0 Å². The Morgan fingerprint density at radius 1 is 0.933 bits per heavy atom. The lowest BCUT2D eigenvalue weighted by molar-refractivity contribution is 0.0709. The van der Waals surface area contributed by atoms with Gasteiger partial charge in [0.2, 0.25) is 0 Å². The molecular formula is C13H24ClN. The lowest BCUT2D eigenvalue weighted by Gasteiger charge is -2.42. The zero-order chi connectivity index (χ0) is 10.5.